The SMILES string of the molecule is CC#CC(C)(C)N.Cl.N. The molecular weight excluding hydrogens is 136 g/mol. The third-order valence-corrected chi connectivity index (χ3v) is 0.447. The van der Waals surface area contributed by atoms with Crippen LogP contribution >= 0.6 is 12.4 Å². The van der Waals surface area contributed by atoms with Gasteiger partial charge in [0.15, 0.2) is 0 Å². The minimum atomic E-state index is -0.311. The molecule has 0 aliphatic rings. The van der Waals surface area contributed by atoms with Crippen molar-refractivity contribution >= 4 is 12.4 Å². The lowest BCUT2D eigenvalue weighted by molar-refractivity contribution is 0.680. The molecule has 0 atom stereocenters. The van der Waals surface area contributed by atoms with E-state index in [1.54, 1.807) is 6.92 Å². The van der Waals surface area contributed by atoms with Crippen molar-refractivity contribution in [3.8, 4) is 11.8 Å². The summed E-state index contributed by atoms with van der Waals surface area (Å²) >= 11 is 0. The van der Waals surface area contributed by atoms with E-state index in [-0.39, 0.29) is 24.1 Å². The maximum absolute atomic E-state index is 5.47. The molecular formula is C6H15ClN2. The molecule has 5 N–H and O–H groups in total. The molecule has 0 aliphatic heterocycles. The maximum Gasteiger partial charge on any atom is 0.0718 e. The van der Waals surface area contributed by atoms with Crippen LogP contribution < -0.4 is 11.9 Å². The van der Waals surface area contributed by atoms with Crippen molar-refractivity contribution in [3.05, 3.63) is 0 Å². The van der Waals surface area contributed by atoms with E-state index in [1.165, 1.54) is 0 Å². The molecule has 2 nitrogen and oxygen atoms in total. The van der Waals surface area contributed by atoms with Gasteiger partial charge < -0.3 is 11.9 Å². The number of nitrogens with two attached hydrogens (primary N) is 1. The first-order valence-electron chi connectivity index (χ1n) is 2.29. The van der Waals surface area contributed by atoms with Gasteiger partial charge in [-0.05, 0) is 20.8 Å². The second-order valence-electron chi connectivity index (χ2n) is 2.10. The standard InChI is InChI=1S/C6H11N.ClH.H3N/c1-4-5-6(2,3)7;;/h7H2,1-3H3;1H;1H3. The molecule has 0 rings (SSSR count). The van der Waals surface area contributed by atoms with Gasteiger partial charge in [0.2, 0.25) is 0 Å². The Morgan fingerprint density at radius 1 is 1.33 bits per heavy atom. The molecule has 0 spiro atoms. The van der Waals surface area contributed by atoms with Crippen molar-refractivity contribution < 1.29 is 0 Å². The molecule has 0 aromatic rings. The topological polar surface area (TPSA) is 61.0 Å². The molecule has 56 valence electrons. The number of hydrogen-bond acceptors (Lipinski definition) is 2. The van der Waals surface area contributed by atoms with Crippen LogP contribution in [0, 0.1) is 11.8 Å². The van der Waals surface area contributed by atoms with Crippen LogP contribution in [0.5, 0.6) is 0 Å². The van der Waals surface area contributed by atoms with Crippen LogP contribution in [0.15, 0.2) is 0 Å². The normalized spacial score (nSPS) is 7.56. The summed E-state index contributed by atoms with van der Waals surface area (Å²) in [5.41, 5.74) is 5.16. The van der Waals surface area contributed by atoms with Gasteiger partial charge in [0, 0.05) is 0 Å². The first kappa shape index (κ1) is 15.9. The van der Waals surface area contributed by atoms with E-state index in [9.17, 15) is 0 Å². The summed E-state index contributed by atoms with van der Waals surface area (Å²) in [4.78, 5) is 0. The summed E-state index contributed by atoms with van der Waals surface area (Å²) in [6, 6.07) is 0. The molecule has 0 bridgehead atoms. The van der Waals surface area contributed by atoms with E-state index < -0.39 is 0 Å². The number of hydrogen-bond donors (Lipinski definition) is 2. The lowest BCUT2D eigenvalue weighted by atomic mass is 10.1. The summed E-state index contributed by atoms with van der Waals surface area (Å²) in [5, 5.41) is 0. The first-order valence-corrected chi connectivity index (χ1v) is 2.29. The van der Waals surface area contributed by atoms with Crippen molar-refractivity contribution in [1.82, 2.24) is 6.15 Å². The van der Waals surface area contributed by atoms with E-state index in [1.807, 2.05) is 13.8 Å². The Labute approximate surface area is 63.2 Å². The number of halogens is 1. The van der Waals surface area contributed by atoms with Gasteiger partial charge in [-0.2, -0.15) is 0 Å². The second kappa shape index (κ2) is 5.90. The molecule has 9 heavy (non-hydrogen) atoms. The predicted molar refractivity (Wildman–Crippen MR) is 44.0 cm³/mol. The molecule has 0 aromatic heterocycles. The fourth-order valence-corrected chi connectivity index (χ4v) is 0.322. The van der Waals surface area contributed by atoms with Gasteiger partial charge >= 0.3 is 0 Å². The minimum absolute atomic E-state index is 0. The lowest BCUT2D eigenvalue weighted by Crippen LogP contribution is -2.29. The zero-order valence-corrected chi connectivity index (χ0v) is 7.01. The Hall–Kier alpha value is -0.230. The van der Waals surface area contributed by atoms with Crippen molar-refractivity contribution in [3.63, 3.8) is 0 Å². The smallest absolute Gasteiger partial charge is 0.0718 e. The van der Waals surface area contributed by atoms with Crippen molar-refractivity contribution in [2.75, 3.05) is 0 Å². The van der Waals surface area contributed by atoms with Crippen LogP contribution in [0.2, 0.25) is 0 Å². The molecule has 0 radical (unpaired) electrons. The molecule has 0 saturated carbocycles. The van der Waals surface area contributed by atoms with Crippen LogP contribution in [-0.4, -0.2) is 5.54 Å². The Morgan fingerprint density at radius 3 is 1.67 bits per heavy atom. The molecule has 0 amide bonds. The molecule has 0 fully saturated rings. The van der Waals surface area contributed by atoms with E-state index in [2.05, 4.69) is 11.8 Å². The summed E-state index contributed by atoms with van der Waals surface area (Å²) in [7, 11) is 0. The maximum atomic E-state index is 5.47. The molecule has 0 saturated heterocycles. The molecule has 0 heterocycles. The zero-order chi connectivity index (χ0) is 5.91. The summed E-state index contributed by atoms with van der Waals surface area (Å²) in [6.45, 7) is 5.54. The average Bonchev–Trinajstić information content (AvgIpc) is 1.30. The number of rotatable bonds is 0. The fraction of sp³-hybridized carbons (Fsp3) is 0.667. The van der Waals surface area contributed by atoms with Crippen LogP contribution in [0.1, 0.15) is 20.8 Å². The monoisotopic (exact) mass is 150 g/mol. The zero-order valence-electron chi connectivity index (χ0n) is 6.19. The molecule has 3 heteroatoms. The Kier molecular flexibility index (Phi) is 10.4. The van der Waals surface area contributed by atoms with E-state index >= 15 is 0 Å². The Morgan fingerprint density at radius 2 is 1.67 bits per heavy atom. The molecule has 0 aromatic carbocycles. The van der Waals surface area contributed by atoms with E-state index in [0.717, 1.165) is 0 Å². The van der Waals surface area contributed by atoms with Crippen LogP contribution in [0.25, 0.3) is 0 Å². The highest BCUT2D eigenvalue weighted by atomic mass is 35.5. The third-order valence-electron chi connectivity index (χ3n) is 0.447. The summed E-state index contributed by atoms with van der Waals surface area (Å²) in [6.07, 6.45) is 0. The van der Waals surface area contributed by atoms with E-state index in [4.69, 9.17) is 5.73 Å². The highest BCUT2D eigenvalue weighted by Gasteiger charge is 2.01. The van der Waals surface area contributed by atoms with Gasteiger partial charge in [-0.15, -0.1) is 18.3 Å². The van der Waals surface area contributed by atoms with Gasteiger partial charge in [-0.25, -0.2) is 0 Å². The van der Waals surface area contributed by atoms with Crippen LogP contribution in [0.3, 0.4) is 0 Å². The van der Waals surface area contributed by atoms with Gasteiger partial charge in [0.1, 0.15) is 0 Å². The largest absolute Gasteiger partial charge is 0.344 e. The molecule has 0 unspecified atom stereocenters. The summed E-state index contributed by atoms with van der Waals surface area (Å²) < 4.78 is 0. The highest BCUT2D eigenvalue weighted by molar-refractivity contribution is 5.85. The average molecular weight is 151 g/mol. The van der Waals surface area contributed by atoms with Crippen molar-refractivity contribution in [2.24, 2.45) is 5.73 Å². The summed E-state index contributed by atoms with van der Waals surface area (Å²) in [5.74, 6) is 5.55. The van der Waals surface area contributed by atoms with Gasteiger partial charge in [0.05, 0.1) is 5.54 Å². The second-order valence-corrected chi connectivity index (χ2v) is 2.10. The van der Waals surface area contributed by atoms with Gasteiger partial charge in [0.25, 0.3) is 0 Å². The van der Waals surface area contributed by atoms with Crippen LogP contribution in [0.4, 0.5) is 0 Å². The van der Waals surface area contributed by atoms with Crippen molar-refractivity contribution in [2.45, 2.75) is 26.3 Å². The molecule has 0 aliphatic carbocycles. The lowest BCUT2D eigenvalue weighted by Gasteiger charge is -2.06. The third kappa shape index (κ3) is 18.2. The quantitative estimate of drug-likeness (QED) is 0.512. The Balaban J connectivity index is -0.000000180. The fourth-order valence-electron chi connectivity index (χ4n) is 0.322. The first-order chi connectivity index (χ1) is 3.06. The van der Waals surface area contributed by atoms with Crippen molar-refractivity contribution in [1.29, 1.82) is 0 Å². The Bertz CT molecular complexity index is 104. The highest BCUT2D eigenvalue weighted by Crippen LogP contribution is 1.90. The minimum Gasteiger partial charge on any atom is -0.344 e. The predicted octanol–water partition coefficient (Wildman–Crippen LogP) is 1.33. The van der Waals surface area contributed by atoms with Gasteiger partial charge in [-0.1, -0.05) is 5.92 Å². The van der Waals surface area contributed by atoms with E-state index in [0.29, 0.717) is 0 Å². The van der Waals surface area contributed by atoms with Gasteiger partial charge in [-0.3, -0.25) is 0 Å². The van der Waals surface area contributed by atoms with Crippen LogP contribution in [-0.2, 0) is 0 Å².